The van der Waals surface area contributed by atoms with Gasteiger partial charge in [0.15, 0.2) is 6.23 Å². The van der Waals surface area contributed by atoms with Crippen LogP contribution in [0.2, 0.25) is 0 Å². The van der Waals surface area contributed by atoms with Crippen LogP contribution < -0.4 is 17.2 Å². The molecular weight excluding hydrogens is 539 g/mol. The van der Waals surface area contributed by atoms with Gasteiger partial charge in [-0.3, -0.25) is 9.09 Å². The average Bonchev–Trinajstić information content (AvgIpc) is 3.12. The molecule has 0 aliphatic carbocycles. The van der Waals surface area contributed by atoms with Crippen LogP contribution >= 0.6 is 7.82 Å². The quantitative estimate of drug-likeness (QED) is 0.120. The second kappa shape index (κ2) is 11.6. The maximum atomic E-state index is 12.7. The molecule has 19 heteroatoms. The number of nitrogen functional groups attached to an aromatic ring is 1. The van der Waals surface area contributed by atoms with Crippen molar-refractivity contribution < 1.29 is 63.4 Å². The number of anilines is 1. The van der Waals surface area contributed by atoms with E-state index in [0.717, 1.165) is 10.8 Å². The van der Waals surface area contributed by atoms with Gasteiger partial charge in [0.25, 0.3) is 5.79 Å². The molecule has 2 saturated heterocycles. The van der Waals surface area contributed by atoms with Crippen molar-refractivity contribution in [1.29, 1.82) is 0 Å². The number of aliphatic carboxylic acids is 1. The number of nitrogens with two attached hydrogens (primary N) is 2. The number of carboxylic acids is 1. The third-order valence-corrected chi connectivity index (χ3v) is 7.36. The van der Waals surface area contributed by atoms with Crippen LogP contribution in [0.4, 0.5) is 5.82 Å². The first-order chi connectivity index (χ1) is 17.6. The number of nitrogens with zero attached hydrogens (tertiary/aromatic N) is 2. The largest absolute Gasteiger partial charge is 0.477 e. The molecule has 0 spiro atoms. The lowest BCUT2D eigenvalue weighted by Gasteiger charge is -2.45. The van der Waals surface area contributed by atoms with Crippen LogP contribution in [0.25, 0.3) is 0 Å². The van der Waals surface area contributed by atoms with E-state index in [9.17, 15) is 49.7 Å². The standard InChI is InChI=1S/C19H31N4O14P/c1-7-8(24)4-19(17(29)30,36-15(7)12(26)9(25)5-20)37-38(32,33)34-6-10-13(27)14(28)16(35-10)23-3-2-11(21)22-18(23)31/h2-3,7-10,12-16,24-28H,4-6,20H2,1H3,(H,29,30)(H,32,33)(H2,21,22,31)/t7?,8?,9-,10?,12-,13?,14?,15?,16?,19?/m1/s1. The second-order valence-corrected chi connectivity index (χ2v) is 10.4. The molecule has 0 bridgehead atoms. The molecule has 1 aromatic heterocycles. The lowest BCUT2D eigenvalue weighted by Crippen LogP contribution is -2.61. The molecule has 38 heavy (non-hydrogen) atoms. The summed E-state index contributed by atoms with van der Waals surface area (Å²) in [7, 11) is -5.38. The third-order valence-electron chi connectivity index (χ3n) is 6.36. The summed E-state index contributed by atoms with van der Waals surface area (Å²) in [5, 5.41) is 60.9. The minimum absolute atomic E-state index is 0.110. The van der Waals surface area contributed by atoms with Crippen molar-refractivity contribution in [3.8, 4) is 0 Å². The maximum Gasteiger partial charge on any atom is 0.475 e. The summed E-state index contributed by atoms with van der Waals surface area (Å²) in [5.74, 6) is -6.02. The van der Waals surface area contributed by atoms with Crippen LogP contribution in [0.1, 0.15) is 19.6 Å². The Morgan fingerprint density at radius 2 is 2.00 bits per heavy atom. The van der Waals surface area contributed by atoms with E-state index in [1.807, 2.05) is 0 Å². The second-order valence-electron chi connectivity index (χ2n) is 9.01. The molecule has 3 rings (SSSR count). The van der Waals surface area contributed by atoms with Crippen LogP contribution in [0.15, 0.2) is 17.1 Å². The molecule has 2 fully saturated rings. The van der Waals surface area contributed by atoms with E-state index in [2.05, 4.69) is 4.98 Å². The van der Waals surface area contributed by atoms with Gasteiger partial charge in [-0.05, 0) is 6.07 Å². The number of hydrogen-bond acceptors (Lipinski definition) is 15. The number of phosphoric ester groups is 1. The van der Waals surface area contributed by atoms with Gasteiger partial charge in [-0.2, -0.15) is 4.98 Å². The van der Waals surface area contributed by atoms with Gasteiger partial charge >= 0.3 is 19.5 Å². The molecule has 216 valence electrons. The van der Waals surface area contributed by atoms with Gasteiger partial charge in [0.2, 0.25) is 0 Å². The van der Waals surface area contributed by atoms with Gasteiger partial charge in [0.1, 0.15) is 30.2 Å². The molecule has 11 atom stereocenters. The summed E-state index contributed by atoms with van der Waals surface area (Å²) in [6.07, 6.45) is -12.6. The number of aliphatic hydroxyl groups is 5. The van der Waals surface area contributed by atoms with Crippen molar-refractivity contribution in [2.24, 2.45) is 11.7 Å². The predicted octanol–water partition coefficient (Wildman–Crippen LogP) is -4.17. The zero-order chi connectivity index (χ0) is 28.6. The molecule has 0 radical (unpaired) electrons. The highest BCUT2D eigenvalue weighted by Gasteiger charge is 2.57. The highest BCUT2D eigenvalue weighted by atomic mass is 31.2. The summed E-state index contributed by atoms with van der Waals surface area (Å²) in [6, 6.07) is 1.23. The van der Waals surface area contributed by atoms with Crippen LogP contribution in [-0.4, -0.2) is 113 Å². The van der Waals surface area contributed by atoms with Gasteiger partial charge in [0.05, 0.1) is 24.9 Å². The SMILES string of the molecule is CC1C(O)CC(OP(=O)(O)OCC2OC(n3ccc(N)nc3=O)C(O)C2O)(C(=O)O)OC1[C@H](O)[C@H](O)CN. The Balaban J connectivity index is 1.74. The Kier molecular flexibility index (Phi) is 9.29. The molecule has 18 nitrogen and oxygen atoms in total. The fourth-order valence-corrected chi connectivity index (χ4v) is 5.08. The summed E-state index contributed by atoms with van der Waals surface area (Å²) in [5.41, 5.74) is 9.81. The van der Waals surface area contributed by atoms with Crippen molar-refractivity contribution >= 4 is 19.6 Å². The van der Waals surface area contributed by atoms with E-state index >= 15 is 0 Å². The van der Waals surface area contributed by atoms with Gasteiger partial charge in [-0.25, -0.2) is 18.7 Å². The van der Waals surface area contributed by atoms with Crippen LogP contribution in [0.3, 0.4) is 0 Å². The topological polar surface area (TPSA) is 300 Å². The molecule has 9 unspecified atom stereocenters. The predicted molar refractivity (Wildman–Crippen MR) is 122 cm³/mol. The van der Waals surface area contributed by atoms with Crippen molar-refractivity contribution in [2.75, 3.05) is 18.9 Å². The fraction of sp³-hybridized carbons (Fsp3) is 0.737. The van der Waals surface area contributed by atoms with Crippen molar-refractivity contribution in [1.82, 2.24) is 9.55 Å². The first-order valence-corrected chi connectivity index (χ1v) is 12.8. The molecule has 0 amide bonds. The normalized spacial score (nSPS) is 36.9. The van der Waals surface area contributed by atoms with Crippen LogP contribution in [0.5, 0.6) is 0 Å². The molecule has 0 saturated carbocycles. The minimum atomic E-state index is -5.38. The molecule has 3 heterocycles. The Labute approximate surface area is 214 Å². The fourth-order valence-electron chi connectivity index (χ4n) is 4.13. The number of carboxylic acid groups (broad SMARTS) is 1. The van der Waals surface area contributed by atoms with Gasteiger partial charge < -0.3 is 56.5 Å². The highest BCUT2D eigenvalue weighted by molar-refractivity contribution is 7.47. The van der Waals surface area contributed by atoms with E-state index in [0.29, 0.717) is 0 Å². The summed E-state index contributed by atoms with van der Waals surface area (Å²) in [4.78, 5) is 37.8. The highest BCUT2D eigenvalue weighted by Crippen LogP contribution is 2.52. The number of aliphatic hydroxyl groups excluding tert-OH is 5. The number of aromatic nitrogens is 2. The Morgan fingerprint density at radius 3 is 2.58 bits per heavy atom. The first-order valence-electron chi connectivity index (χ1n) is 11.3. The molecule has 1 aromatic rings. The zero-order valence-corrected chi connectivity index (χ0v) is 20.9. The van der Waals surface area contributed by atoms with E-state index < -0.39 is 99.7 Å². The zero-order valence-electron chi connectivity index (χ0n) is 20.0. The van der Waals surface area contributed by atoms with E-state index in [1.165, 1.54) is 13.0 Å². The van der Waals surface area contributed by atoms with Gasteiger partial charge in [0, 0.05) is 25.1 Å². The maximum absolute atomic E-state index is 12.7. The van der Waals surface area contributed by atoms with Gasteiger partial charge in [-0.15, -0.1) is 0 Å². The molecule has 2 aliphatic rings. The summed E-state index contributed by atoms with van der Waals surface area (Å²) < 4.78 is 33.8. The lowest BCUT2D eigenvalue weighted by atomic mass is 9.84. The molecule has 2 aliphatic heterocycles. The van der Waals surface area contributed by atoms with E-state index in [-0.39, 0.29) is 5.82 Å². The number of hydrogen-bond donors (Lipinski definition) is 9. The summed E-state index contributed by atoms with van der Waals surface area (Å²) >= 11 is 0. The van der Waals surface area contributed by atoms with Gasteiger partial charge in [-0.1, -0.05) is 6.92 Å². The average molecular weight is 570 g/mol. The number of ether oxygens (including phenoxy) is 2. The van der Waals surface area contributed by atoms with Crippen molar-refractivity contribution in [2.45, 2.75) is 68.1 Å². The Morgan fingerprint density at radius 1 is 1.34 bits per heavy atom. The minimum Gasteiger partial charge on any atom is -0.477 e. The van der Waals surface area contributed by atoms with E-state index in [4.69, 9.17) is 30.0 Å². The number of rotatable bonds is 10. The first kappa shape index (κ1) is 30.5. The number of phosphoric acid groups is 1. The van der Waals surface area contributed by atoms with Crippen molar-refractivity contribution in [3.05, 3.63) is 22.7 Å². The monoisotopic (exact) mass is 570 g/mol. The molecular formula is C19H31N4O14P. The number of carbonyl (C=O) groups is 1. The Hall–Kier alpha value is -2.06. The Bertz CT molecular complexity index is 1110. The van der Waals surface area contributed by atoms with Crippen LogP contribution in [0, 0.1) is 5.92 Å². The lowest BCUT2D eigenvalue weighted by molar-refractivity contribution is -0.295. The summed E-state index contributed by atoms with van der Waals surface area (Å²) in [6.45, 7) is -0.00119. The molecule has 11 N–H and O–H groups in total. The third kappa shape index (κ3) is 6.22. The van der Waals surface area contributed by atoms with Crippen molar-refractivity contribution in [3.63, 3.8) is 0 Å². The van der Waals surface area contributed by atoms with Crippen LogP contribution in [-0.2, 0) is 27.9 Å². The molecule has 0 aromatic carbocycles. The smallest absolute Gasteiger partial charge is 0.475 e. The van der Waals surface area contributed by atoms with E-state index in [1.54, 1.807) is 0 Å².